The largest absolute Gasteiger partial charge is 0.442 e. The van der Waals surface area contributed by atoms with E-state index in [9.17, 15) is 0 Å². The Morgan fingerprint density at radius 2 is 2.00 bits per heavy atom. The van der Waals surface area contributed by atoms with Crippen molar-refractivity contribution >= 4 is 0 Å². The molecule has 0 saturated heterocycles. The summed E-state index contributed by atoms with van der Waals surface area (Å²) < 4.78 is 10.6. The molecule has 1 heterocycles. The van der Waals surface area contributed by atoms with Crippen LogP contribution in [0.1, 0.15) is 13.8 Å². The van der Waals surface area contributed by atoms with Crippen LogP contribution in [0.5, 0.6) is 0 Å². The first-order chi connectivity index (χ1) is 8.03. The van der Waals surface area contributed by atoms with Crippen LogP contribution in [0.15, 0.2) is 22.6 Å². The van der Waals surface area contributed by atoms with Crippen molar-refractivity contribution < 1.29 is 9.47 Å². The molecule has 0 unspecified atom stereocenters. The van der Waals surface area contributed by atoms with Crippen molar-refractivity contribution in [3.63, 3.8) is 0 Å². The molecule has 1 rings (SSSR count). The minimum Gasteiger partial charge on any atom is -0.442 e. The van der Waals surface area contributed by atoms with Gasteiger partial charge in [0.2, 0.25) is 11.7 Å². The van der Waals surface area contributed by atoms with E-state index in [1.165, 1.54) is 6.92 Å². The topological polar surface area (TPSA) is 116 Å². The Morgan fingerprint density at radius 1 is 1.41 bits per heavy atom. The van der Waals surface area contributed by atoms with Gasteiger partial charge in [0, 0.05) is 13.5 Å². The Labute approximate surface area is 98.7 Å². The van der Waals surface area contributed by atoms with E-state index in [0.29, 0.717) is 0 Å². The van der Waals surface area contributed by atoms with Crippen molar-refractivity contribution in [1.82, 2.24) is 0 Å². The van der Waals surface area contributed by atoms with E-state index in [1.807, 2.05) is 6.07 Å². The smallest absolute Gasteiger partial charge is 0.239 e. The molecule has 0 amide bonds. The average molecular weight is 230 g/mol. The minimum atomic E-state index is -1.36. The van der Waals surface area contributed by atoms with Crippen LogP contribution in [0.2, 0.25) is 0 Å². The summed E-state index contributed by atoms with van der Waals surface area (Å²) in [5, 5.41) is 26.7. The van der Waals surface area contributed by atoms with Gasteiger partial charge in [-0.1, -0.05) is 0 Å². The molecule has 0 aromatic heterocycles. The molecule has 0 fully saturated rings. The quantitative estimate of drug-likeness (QED) is 0.701. The van der Waals surface area contributed by atoms with E-state index in [4.69, 9.17) is 31.0 Å². The molecule has 0 radical (unpaired) electrons. The highest BCUT2D eigenvalue weighted by Gasteiger charge is 2.45. The molecule has 6 heteroatoms. The van der Waals surface area contributed by atoms with Crippen LogP contribution >= 0.6 is 0 Å². The summed E-state index contributed by atoms with van der Waals surface area (Å²) in [6.07, 6.45) is 0. The van der Waals surface area contributed by atoms with E-state index in [0.717, 1.165) is 0 Å². The van der Waals surface area contributed by atoms with E-state index >= 15 is 0 Å². The summed E-state index contributed by atoms with van der Waals surface area (Å²) in [5.74, 6) is -1.49. The SMILES string of the molecule is CCO[C@]1(C)OC(N)=C(C#N)C1=C(C#N)C#N. The molecule has 0 aromatic carbocycles. The first kappa shape index (κ1) is 12.6. The van der Waals surface area contributed by atoms with Crippen LogP contribution in [-0.4, -0.2) is 12.4 Å². The molecule has 1 atom stereocenters. The Balaban J connectivity index is 3.48. The first-order valence-electron chi connectivity index (χ1n) is 4.82. The maximum Gasteiger partial charge on any atom is 0.239 e. The highest BCUT2D eigenvalue weighted by molar-refractivity contribution is 5.59. The second kappa shape index (κ2) is 4.57. The maximum atomic E-state index is 8.97. The molecule has 1 aliphatic rings. The lowest BCUT2D eigenvalue weighted by Crippen LogP contribution is -2.32. The van der Waals surface area contributed by atoms with Gasteiger partial charge in [0.25, 0.3) is 0 Å². The molecule has 17 heavy (non-hydrogen) atoms. The summed E-state index contributed by atoms with van der Waals surface area (Å²) in [6.45, 7) is 3.53. The van der Waals surface area contributed by atoms with Crippen LogP contribution in [0.25, 0.3) is 0 Å². The Bertz CT molecular complexity index is 511. The standard InChI is InChI=1S/C11H10N4O2/c1-3-16-11(2)9(7(4-12)5-13)8(6-14)10(15)17-11/h3,15H2,1-2H3/t11-/m1/s1. The molecule has 6 nitrogen and oxygen atoms in total. The fraction of sp³-hybridized carbons (Fsp3) is 0.364. The number of ether oxygens (including phenoxy) is 2. The molecule has 0 spiro atoms. The molecule has 1 aliphatic heterocycles. The Morgan fingerprint density at radius 3 is 2.41 bits per heavy atom. The van der Waals surface area contributed by atoms with Crippen LogP contribution in [0.3, 0.4) is 0 Å². The normalized spacial score (nSPS) is 22.4. The zero-order chi connectivity index (χ0) is 13.1. The number of nitriles is 3. The van der Waals surface area contributed by atoms with Gasteiger partial charge in [0.15, 0.2) is 0 Å². The van der Waals surface area contributed by atoms with Gasteiger partial charge in [-0.3, -0.25) is 0 Å². The van der Waals surface area contributed by atoms with E-state index in [-0.39, 0.29) is 29.2 Å². The maximum absolute atomic E-state index is 8.97. The number of rotatable bonds is 2. The lowest BCUT2D eigenvalue weighted by atomic mass is 9.97. The number of allylic oxidation sites excluding steroid dienone is 1. The second-order valence-corrected chi connectivity index (χ2v) is 3.31. The predicted molar refractivity (Wildman–Crippen MR) is 56.2 cm³/mol. The van der Waals surface area contributed by atoms with Gasteiger partial charge < -0.3 is 15.2 Å². The molecule has 0 bridgehead atoms. The monoisotopic (exact) mass is 230 g/mol. The third kappa shape index (κ3) is 1.92. The summed E-state index contributed by atoms with van der Waals surface area (Å²) in [7, 11) is 0. The van der Waals surface area contributed by atoms with E-state index in [1.54, 1.807) is 19.1 Å². The summed E-state index contributed by atoms with van der Waals surface area (Å²) >= 11 is 0. The van der Waals surface area contributed by atoms with Gasteiger partial charge in [0.05, 0.1) is 5.57 Å². The first-order valence-corrected chi connectivity index (χ1v) is 4.82. The number of hydrogen-bond acceptors (Lipinski definition) is 6. The third-order valence-electron chi connectivity index (χ3n) is 2.26. The van der Waals surface area contributed by atoms with Gasteiger partial charge in [-0.25, -0.2) is 0 Å². The van der Waals surface area contributed by atoms with Crippen LogP contribution in [-0.2, 0) is 9.47 Å². The highest BCUT2D eigenvalue weighted by Crippen LogP contribution is 2.39. The summed E-state index contributed by atoms with van der Waals surface area (Å²) in [4.78, 5) is 0. The van der Waals surface area contributed by atoms with Crippen LogP contribution < -0.4 is 5.73 Å². The van der Waals surface area contributed by atoms with Crippen molar-refractivity contribution in [2.45, 2.75) is 19.6 Å². The fourth-order valence-corrected chi connectivity index (χ4v) is 1.64. The average Bonchev–Trinajstić information content (AvgIpc) is 2.53. The van der Waals surface area contributed by atoms with Crippen molar-refractivity contribution in [1.29, 1.82) is 15.8 Å². The molecular formula is C11H10N4O2. The lowest BCUT2D eigenvalue weighted by molar-refractivity contribution is -0.161. The highest BCUT2D eigenvalue weighted by atomic mass is 16.7. The van der Waals surface area contributed by atoms with Crippen LogP contribution in [0, 0.1) is 34.0 Å². The zero-order valence-corrected chi connectivity index (χ0v) is 9.44. The number of nitrogens with two attached hydrogens (primary N) is 1. The lowest BCUT2D eigenvalue weighted by Gasteiger charge is -2.25. The predicted octanol–water partition coefficient (Wildman–Crippen LogP) is 0.807. The Kier molecular flexibility index (Phi) is 3.38. The number of nitrogens with zero attached hydrogens (tertiary/aromatic N) is 3. The van der Waals surface area contributed by atoms with Crippen molar-refractivity contribution in [2.24, 2.45) is 5.73 Å². The summed E-state index contributed by atoms with van der Waals surface area (Å²) in [5.41, 5.74) is 5.36. The molecule has 86 valence electrons. The van der Waals surface area contributed by atoms with E-state index < -0.39 is 5.79 Å². The zero-order valence-electron chi connectivity index (χ0n) is 9.44. The van der Waals surface area contributed by atoms with E-state index in [2.05, 4.69) is 0 Å². The summed E-state index contributed by atoms with van der Waals surface area (Å²) in [6, 6.07) is 5.24. The Hall–Kier alpha value is -2.49. The van der Waals surface area contributed by atoms with Gasteiger partial charge >= 0.3 is 0 Å². The van der Waals surface area contributed by atoms with Gasteiger partial charge in [-0.15, -0.1) is 0 Å². The number of hydrogen-bond donors (Lipinski definition) is 1. The second-order valence-electron chi connectivity index (χ2n) is 3.31. The molecule has 0 saturated carbocycles. The van der Waals surface area contributed by atoms with Crippen molar-refractivity contribution in [3.8, 4) is 18.2 Å². The van der Waals surface area contributed by atoms with Crippen LogP contribution in [0.4, 0.5) is 0 Å². The van der Waals surface area contributed by atoms with Gasteiger partial charge in [-0.2, -0.15) is 15.8 Å². The fourth-order valence-electron chi connectivity index (χ4n) is 1.64. The molecule has 0 aliphatic carbocycles. The van der Waals surface area contributed by atoms with Gasteiger partial charge in [-0.05, 0) is 6.92 Å². The van der Waals surface area contributed by atoms with Crippen molar-refractivity contribution in [2.75, 3.05) is 6.61 Å². The molecule has 0 aromatic rings. The molecule has 2 N–H and O–H groups in total. The van der Waals surface area contributed by atoms with Gasteiger partial charge in [0.1, 0.15) is 29.4 Å². The molecular weight excluding hydrogens is 220 g/mol. The minimum absolute atomic E-state index is 0.0287. The third-order valence-corrected chi connectivity index (χ3v) is 2.26. The van der Waals surface area contributed by atoms with Crippen molar-refractivity contribution in [3.05, 3.63) is 22.6 Å².